The number of rotatable bonds is 5. The normalized spacial score (nSPS) is 27.6. The predicted octanol–water partition coefficient (Wildman–Crippen LogP) is 2.02. The van der Waals surface area contributed by atoms with Crippen LogP contribution < -0.4 is 0 Å². The van der Waals surface area contributed by atoms with Gasteiger partial charge in [-0.3, -0.25) is 14.4 Å². The third-order valence-corrected chi connectivity index (χ3v) is 4.12. The minimum absolute atomic E-state index is 0.0896. The Morgan fingerprint density at radius 3 is 2.23 bits per heavy atom. The molecule has 1 aliphatic carbocycles. The first kappa shape index (κ1) is 18.2. The van der Waals surface area contributed by atoms with Crippen molar-refractivity contribution < 1.29 is 28.6 Å². The minimum Gasteiger partial charge on any atom is -0.465 e. The summed E-state index contributed by atoms with van der Waals surface area (Å²) in [6, 6.07) is 0. The summed E-state index contributed by atoms with van der Waals surface area (Å²) in [5.74, 6) is -1.02. The van der Waals surface area contributed by atoms with Crippen LogP contribution in [0.25, 0.3) is 0 Å². The number of ether oxygens (including phenoxy) is 3. The maximum atomic E-state index is 11.2. The first-order chi connectivity index (χ1) is 10.1. The second-order valence-corrected chi connectivity index (χ2v) is 5.95. The lowest BCUT2D eigenvalue weighted by Crippen LogP contribution is -2.41. The van der Waals surface area contributed by atoms with E-state index in [9.17, 15) is 14.4 Å². The van der Waals surface area contributed by atoms with Crippen molar-refractivity contribution in [2.75, 3.05) is 13.2 Å². The van der Waals surface area contributed by atoms with E-state index in [4.69, 9.17) is 14.2 Å². The van der Waals surface area contributed by atoms with Crippen LogP contribution in [0.1, 0.15) is 41.0 Å². The fourth-order valence-corrected chi connectivity index (χ4v) is 2.58. The molecule has 124 valence electrons. The van der Waals surface area contributed by atoms with Crippen molar-refractivity contribution >= 4 is 17.9 Å². The summed E-state index contributed by atoms with van der Waals surface area (Å²) in [6.07, 6.45) is 2.07. The molecule has 0 fully saturated rings. The van der Waals surface area contributed by atoms with Gasteiger partial charge in [0.1, 0.15) is 19.3 Å². The van der Waals surface area contributed by atoms with Crippen LogP contribution in [-0.2, 0) is 28.6 Å². The van der Waals surface area contributed by atoms with E-state index in [0.29, 0.717) is 6.42 Å². The van der Waals surface area contributed by atoms with Gasteiger partial charge in [0.25, 0.3) is 0 Å². The van der Waals surface area contributed by atoms with Crippen LogP contribution in [0.5, 0.6) is 0 Å². The molecule has 0 aromatic carbocycles. The van der Waals surface area contributed by atoms with Gasteiger partial charge in [-0.25, -0.2) is 0 Å². The Bertz CT molecular complexity index is 481. The van der Waals surface area contributed by atoms with Gasteiger partial charge >= 0.3 is 17.9 Å². The topological polar surface area (TPSA) is 78.9 Å². The Balaban J connectivity index is 3.01. The van der Waals surface area contributed by atoms with Crippen molar-refractivity contribution in [1.82, 2.24) is 0 Å². The Morgan fingerprint density at radius 2 is 1.73 bits per heavy atom. The Kier molecular flexibility index (Phi) is 6.14. The fourth-order valence-electron chi connectivity index (χ4n) is 2.58. The lowest BCUT2D eigenvalue weighted by molar-refractivity contribution is -0.149. The molecule has 0 bridgehead atoms. The van der Waals surface area contributed by atoms with Crippen LogP contribution in [0.3, 0.4) is 0 Å². The monoisotopic (exact) mass is 312 g/mol. The summed E-state index contributed by atoms with van der Waals surface area (Å²) in [7, 11) is 0. The minimum atomic E-state index is -0.461. The van der Waals surface area contributed by atoms with Crippen LogP contribution >= 0.6 is 0 Å². The standard InChI is InChI=1S/C16H24O6/c1-10-6-15(22-13(4)19)7-14(8-20-11(2)17)16(10,5)9-21-12(3)18/h7,10,15H,6,8-9H2,1-5H3/t10-,15?,16+/m1/s1. The van der Waals surface area contributed by atoms with E-state index in [2.05, 4.69) is 0 Å². The fraction of sp³-hybridized carbons (Fsp3) is 0.688. The molecule has 0 aliphatic heterocycles. The van der Waals surface area contributed by atoms with Crippen molar-refractivity contribution in [3.05, 3.63) is 11.6 Å². The van der Waals surface area contributed by atoms with Gasteiger partial charge in [-0.2, -0.15) is 0 Å². The van der Waals surface area contributed by atoms with Crippen molar-refractivity contribution in [3.8, 4) is 0 Å². The largest absolute Gasteiger partial charge is 0.465 e. The van der Waals surface area contributed by atoms with Crippen LogP contribution in [0.2, 0.25) is 0 Å². The highest BCUT2D eigenvalue weighted by Crippen LogP contribution is 2.43. The summed E-state index contributed by atoms with van der Waals surface area (Å²) < 4.78 is 15.5. The molecular weight excluding hydrogens is 288 g/mol. The third-order valence-electron chi connectivity index (χ3n) is 4.12. The number of hydrogen-bond acceptors (Lipinski definition) is 6. The lowest BCUT2D eigenvalue weighted by Gasteiger charge is -2.42. The molecule has 0 heterocycles. The van der Waals surface area contributed by atoms with Gasteiger partial charge < -0.3 is 14.2 Å². The third kappa shape index (κ3) is 4.86. The van der Waals surface area contributed by atoms with E-state index in [0.717, 1.165) is 5.57 Å². The smallest absolute Gasteiger partial charge is 0.303 e. The molecule has 0 saturated heterocycles. The second kappa shape index (κ2) is 7.42. The van der Waals surface area contributed by atoms with Crippen LogP contribution in [0.4, 0.5) is 0 Å². The average molecular weight is 312 g/mol. The molecule has 6 heteroatoms. The molecule has 0 aromatic heterocycles. The molecule has 0 saturated carbocycles. The van der Waals surface area contributed by atoms with E-state index in [1.807, 2.05) is 13.8 Å². The molecule has 0 radical (unpaired) electrons. The van der Waals surface area contributed by atoms with E-state index in [1.54, 1.807) is 6.08 Å². The van der Waals surface area contributed by atoms with Gasteiger partial charge in [-0.05, 0) is 24.0 Å². The van der Waals surface area contributed by atoms with Gasteiger partial charge in [0.15, 0.2) is 0 Å². The molecule has 22 heavy (non-hydrogen) atoms. The zero-order chi connectivity index (χ0) is 16.9. The van der Waals surface area contributed by atoms with E-state index in [-0.39, 0.29) is 37.2 Å². The summed E-state index contributed by atoms with van der Waals surface area (Å²) in [5, 5.41) is 0. The van der Waals surface area contributed by atoms with Crippen molar-refractivity contribution in [3.63, 3.8) is 0 Å². The maximum Gasteiger partial charge on any atom is 0.303 e. The average Bonchev–Trinajstić information content (AvgIpc) is 2.38. The second-order valence-electron chi connectivity index (χ2n) is 5.95. The predicted molar refractivity (Wildman–Crippen MR) is 78.8 cm³/mol. The summed E-state index contributed by atoms with van der Waals surface area (Å²) >= 11 is 0. The Labute approximate surface area is 130 Å². The SMILES string of the molecule is CC(=O)OCC1=CC(OC(C)=O)C[C@@H](C)[C@]1(C)COC(C)=O. The van der Waals surface area contributed by atoms with E-state index in [1.165, 1.54) is 20.8 Å². The zero-order valence-corrected chi connectivity index (χ0v) is 13.8. The van der Waals surface area contributed by atoms with Crippen LogP contribution in [0, 0.1) is 11.3 Å². The molecule has 0 spiro atoms. The molecule has 6 nitrogen and oxygen atoms in total. The van der Waals surface area contributed by atoms with E-state index < -0.39 is 11.4 Å². The summed E-state index contributed by atoms with van der Waals surface area (Å²) in [4.78, 5) is 33.4. The first-order valence-electron chi connectivity index (χ1n) is 7.30. The lowest BCUT2D eigenvalue weighted by atomic mass is 9.67. The van der Waals surface area contributed by atoms with Gasteiger partial charge in [0, 0.05) is 26.2 Å². The quantitative estimate of drug-likeness (QED) is 0.439. The molecular formula is C16H24O6. The van der Waals surface area contributed by atoms with Crippen LogP contribution in [-0.4, -0.2) is 37.2 Å². The molecule has 0 N–H and O–H groups in total. The number of hydrogen-bond donors (Lipinski definition) is 0. The Hall–Kier alpha value is -1.85. The highest BCUT2D eigenvalue weighted by molar-refractivity contribution is 5.67. The zero-order valence-electron chi connectivity index (χ0n) is 13.8. The molecule has 3 atom stereocenters. The number of carbonyl (C=O) groups is 3. The van der Waals surface area contributed by atoms with Gasteiger partial charge in [-0.1, -0.05) is 13.8 Å². The first-order valence-corrected chi connectivity index (χ1v) is 7.30. The maximum absolute atomic E-state index is 11.2. The highest BCUT2D eigenvalue weighted by Gasteiger charge is 2.42. The molecule has 1 rings (SSSR count). The van der Waals surface area contributed by atoms with Gasteiger partial charge in [0.2, 0.25) is 0 Å². The molecule has 0 aromatic rings. The van der Waals surface area contributed by atoms with Crippen molar-refractivity contribution in [2.24, 2.45) is 11.3 Å². The number of esters is 3. The number of carbonyl (C=O) groups excluding carboxylic acids is 3. The van der Waals surface area contributed by atoms with Crippen molar-refractivity contribution in [2.45, 2.75) is 47.1 Å². The van der Waals surface area contributed by atoms with Crippen LogP contribution in [0.15, 0.2) is 11.6 Å². The van der Waals surface area contributed by atoms with E-state index >= 15 is 0 Å². The highest BCUT2D eigenvalue weighted by atomic mass is 16.5. The summed E-state index contributed by atoms with van der Waals surface area (Å²) in [6.45, 7) is 8.30. The van der Waals surface area contributed by atoms with Gasteiger partial charge in [-0.15, -0.1) is 0 Å². The Morgan fingerprint density at radius 1 is 1.14 bits per heavy atom. The van der Waals surface area contributed by atoms with Gasteiger partial charge in [0.05, 0.1) is 0 Å². The molecule has 1 aliphatic rings. The molecule has 1 unspecified atom stereocenters. The van der Waals surface area contributed by atoms with Crippen molar-refractivity contribution in [1.29, 1.82) is 0 Å². The summed E-state index contributed by atoms with van der Waals surface area (Å²) in [5.41, 5.74) is 0.339. The molecule has 0 amide bonds.